The average molecular weight is 241 g/mol. The first kappa shape index (κ1) is 10.8. The third kappa shape index (κ3) is 1.46. The summed E-state index contributed by atoms with van der Waals surface area (Å²) in [6, 6.07) is 9.25. The molecule has 0 saturated carbocycles. The monoisotopic (exact) mass is 241 g/mol. The summed E-state index contributed by atoms with van der Waals surface area (Å²) < 4.78 is 12.8. The zero-order chi connectivity index (χ0) is 12.7. The van der Waals surface area contributed by atoms with Crippen molar-refractivity contribution in [3.05, 3.63) is 65.2 Å². The van der Waals surface area contributed by atoms with Crippen LogP contribution in [0.2, 0.25) is 0 Å². The van der Waals surface area contributed by atoms with Crippen molar-refractivity contribution in [3.63, 3.8) is 0 Å². The van der Waals surface area contributed by atoms with Crippen molar-refractivity contribution in [2.45, 2.75) is 5.92 Å². The maximum Gasteiger partial charge on any atom is 0.180 e. The second kappa shape index (κ2) is 3.84. The van der Waals surface area contributed by atoms with E-state index >= 15 is 0 Å². The largest absolute Gasteiger partial charge is 0.293 e. The quantitative estimate of drug-likeness (QED) is 0.720. The Morgan fingerprint density at radius 3 is 2.06 bits per heavy atom. The van der Waals surface area contributed by atoms with Crippen molar-refractivity contribution < 1.29 is 14.0 Å². The Hall–Kier alpha value is -2.36. The van der Waals surface area contributed by atoms with Gasteiger partial charge < -0.3 is 0 Å². The fourth-order valence-electron chi connectivity index (χ4n) is 2.17. The summed E-state index contributed by atoms with van der Waals surface area (Å²) in [6.45, 7) is 0. The van der Waals surface area contributed by atoms with Gasteiger partial charge in [-0.1, -0.05) is 24.3 Å². The summed E-state index contributed by atoms with van der Waals surface area (Å²) in [6.07, 6.45) is 1.01. The number of pyridine rings is 1. The summed E-state index contributed by atoms with van der Waals surface area (Å²) in [7, 11) is 0. The van der Waals surface area contributed by atoms with Crippen LogP contribution < -0.4 is 0 Å². The van der Waals surface area contributed by atoms with Gasteiger partial charge in [0.25, 0.3) is 0 Å². The van der Waals surface area contributed by atoms with Crippen molar-refractivity contribution in [3.8, 4) is 0 Å². The highest BCUT2D eigenvalue weighted by molar-refractivity contribution is 6.29. The molecule has 0 unspecified atom stereocenters. The number of benzene rings is 1. The van der Waals surface area contributed by atoms with Crippen LogP contribution in [0.25, 0.3) is 0 Å². The van der Waals surface area contributed by atoms with Gasteiger partial charge in [0.15, 0.2) is 11.6 Å². The van der Waals surface area contributed by atoms with Gasteiger partial charge in [-0.3, -0.25) is 14.6 Å². The summed E-state index contributed by atoms with van der Waals surface area (Å²) in [5.41, 5.74) is 1.12. The van der Waals surface area contributed by atoms with E-state index in [1.165, 1.54) is 12.1 Å². The van der Waals surface area contributed by atoms with Crippen LogP contribution in [0.4, 0.5) is 4.39 Å². The third-order valence-electron chi connectivity index (χ3n) is 3.03. The lowest BCUT2D eigenvalue weighted by atomic mass is 9.99. The van der Waals surface area contributed by atoms with Crippen LogP contribution in [0.1, 0.15) is 32.3 Å². The van der Waals surface area contributed by atoms with E-state index < -0.39 is 11.7 Å². The zero-order valence-electron chi connectivity index (χ0n) is 9.26. The molecule has 0 amide bonds. The number of rotatable bonds is 1. The van der Waals surface area contributed by atoms with Gasteiger partial charge in [0.1, 0.15) is 11.7 Å². The van der Waals surface area contributed by atoms with Gasteiger partial charge in [-0.05, 0) is 12.1 Å². The Labute approximate surface area is 102 Å². The minimum Gasteiger partial charge on any atom is -0.293 e. The molecule has 0 fully saturated rings. The molecule has 0 N–H and O–H groups in total. The molecule has 0 atom stereocenters. The minimum absolute atomic E-state index is 0.269. The van der Waals surface area contributed by atoms with Crippen LogP contribution in [0.15, 0.2) is 42.6 Å². The molecule has 0 spiro atoms. The molecule has 3 rings (SSSR count). The topological polar surface area (TPSA) is 47.0 Å². The molecule has 88 valence electrons. The SMILES string of the molecule is O=C1c2ccccc2C(=O)C1c1ccc(F)cn1. The molecule has 1 aromatic carbocycles. The van der Waals surface area contributed by atoms with Crippen LogP contribution >= 0.6 is 0 Å². The van der Waals surface area contributed by atoms with E-state index in [0.717, 1.165) is 6.20 Å². The predicted molar refractivity (Wildman–Crippen MR) is 62.0 cm³/mol. The van der Waals surface area contributed by atoms with Crippen molar-refractivity contribution in [1.82, 2.24) is 4.98 Å². The number of nitrogens with zero attached hydrogens (tertiary/aromatic N) is 1. The van der Waals surface area contributed by atoms with Crippen LogP contribution in [-0.4, -0.2) is 16.6 Å². The van der Waals surface area contributed by atoms with Crippen molar-refractivity contribution in [2.24, 2.45) is 0 Å². The number of aromatic nitrogens is 1. The predicted octanol–water partition coefficient (Wildman–Crippen LogP) is 2.38. The Kier molecular flexibility index (Phi) is 2.30. The number of ketones is 2. The molecule has 0 saturated heterocycles. The standard InChI is InChI=1S/C14H8FNO2/c15-8-5-6-11(16-7-8)12-13(17)9-3-1-2-4-10(9)14(12)18/h1-7,12H. The average Bonchev–Trinajstić information content (AvgIpc) is 2.64. The lowest BCUT2D eigenvalue weighted by molar-refractivity contribution is 0.0888. The highest BCUT2D eigenvalue weighted by atomic mass is 19.1. The number of hydrogen-bond acceptors (Lipinski definition) is 3. The molecule has 2 aromatic rings. The number of carbonyl (C=O) groups is 2. The maximum absolute atomic E-state index is 12.8. The van der Waals surface area contributed by atoms with Gasteiger partial charge in [-0.15, -0.1) is 0 Å². The van der Waals surface area contributed by atoms with Crippen LogP contribution in [0.3, 0.4) is 0 Å². The summed E-state index contributed by atoms with van der Waals surface area (Å²) in [5.74, 6) is -1.96. The molecular weight excluding hydrogens is 233 g/mol. The van der Waals surface area contributed by atoms with Gasteiger partial charge in [-0.2, -0.15) is 0 Å². The van der Waals surface area contributed by atoms with E-state index in [2.05, 4.69) is 4.98 Å². The second-order valence-electron chi connectivity index (χ2n) is 4.11. The number of Topliss-reactive ketones (excluding diaryl/α,β-unsaturated/α-hetero) is 2. The molecular formula is C14H8FNO2. The fraction of sp³-hybridized carbons (Fsp3) is 0.0714. The van der Waals surface area contributed by atoms with Crippen molar-refractivity contribution in [2.75, 3.05) is 0 Å². The second-order valence-corrected chi connectivity index (χ2v) is 4.11. The Morgan fingerprint density at radius 2 is 1.56 bits per heavy atom. The Bertz CT molecular complexity index is 614. The number of hydrogen-bond donors (Lipinski definition) is 0. The minimum atomic E-state index is -0.928. The molecule has 0 bridgehead atoms. The fourth-order valence-corrected chi connectivity index (χ4v) is 2.17. The molecule has 0 aliphatic heterocycles. The zero-order valence-corrected chi connectivity index (χ0v) is 9.26. The first-order valence-electron chi connectivity index (χ1n) is 5.47. The van der Waals surface area contributed by atoms with E-state index in [-0.39, 0.29) is 11.6 Å². The molecule has 1 aromatic heterocycles. The smallest absolute Gasteiger partial charge is 0.180 e. The van der Waals surface area contributed by atoms with Crippen LogP contribution in [0, 0.1) is 5.82 Å². The van der Waals surface area contributed by atoms with Gasteiger partial charge >= 0.3 is 0 Å². The van der Waals surface area contributed by atoms with Gasteiger partial charge in [0.2, 0.25) is 0 Å². The number of carbonyl (C=O) groups excluding carboxylic acids is 2. The lowest BCUT2D eigenvalue weighted by Gasteiger charge is -2.05. The normalized spacial score (nSPS) is 14.9. The molecule has 0 radical (unpaired) electrons. The number of halogens is 1. The highest BCUT2D eigenvalue weighted by Crippen LogP contribution is 2.32. The van der Waals surface area contributed by atoms with Crippen LogP contribution in [0.5, 0.6) is 0 Å². The molecule has 1 heterocycles. The van der Waals surface area contributed by atoms with E-state index in [1.807, 2.05) is 0 Å². The van der Waals surface area contributed by atoms with E-state index in [1.54, 1.807) is 24.3 Å². The number of fused-ring (bicyclic) bond motifs is 1. The maximum atomic E-state index is 12.8. The highest BCUT2D eigenvalue weighted by Gasteiger charge is 2.39. The lowest BCUT2D eigenvalue weighted by Crippen LogP contribution is -2.14. The van der Waals surface area contributed by atoms with Gasteiger partial charge in [0.05, 0.1) is 11.9 Å². The first-order valence-corrected chi connectivity index (χ1v) is 5.47. The van der Waals surface area contributed by atoms with Gasteiger partial charge in [0, 0.05) is 11.1 Å². The Balaban J connectivity index is 2.09. The summed E-state index contributed by atoms with van der Waals surface area (Å²) in [5, 5.41) is 0. The molecule has 1 aliphatic rings. The van der Waals surface area contributed by atoms with E-state index in [0.29, 0.717) is 16.8 Å². The van der Waals surface area contributed by atoms with E-state index in [4.69, 9.17) is 0 Å². The van der Waals surface area contributed by atoms with Crippen molar-refractivity contribution in [1.29, 1.82) is 0 Å². The summed E-state index contributed by atoms with van der Waals surface area (Å²) >= 11 is 0. The first-order chi connectivity index (χ1) is 8.68. The molecule has 1 aliphatic carbocycles. The Morgan fingerprint density at radius 1 is 0.944 bits per heavy atom. The van der Waals surface area contributed by atoms with Gasteiger partial charge in [-0.25, -0.2) is 4.39 Å². The molecule has 4 heteroatoms. The molecule has 18 heavy (non-hydrogen) atoms. The third-order valence-corrected chi connectivity index (χ3v) is 3.03. The molecule has 3 nitrogen and oxygen atoms in total. The summed E-state index contributed by atoms with van der Waals surface area (Å²) in [4.78, 5) is 28.1. The van der Waals surface area contributed by atoms with E-state index in [9.17, 15) is 14.0 Å². The van der Waals surface area contributed by atoms with Crippen LogP contribution in [-0.2, 0) is 0 Å². The van der Waals surface area contributed by atoms with Crippen molar-refractivity contribution >= 4 is 11.6 Å².